The van der Waals surface area contributed by atoms with Crippen LogP contribution in [0.25, 0.3) is 0 Å². The van der Waals surface area contributed by atoms with Gasteiger partial charge < -0.3 is 10.2 Å². The van der Waals surface area contributed by atoms with Gasteiger partial charge in [-0.3, -0.25) is 9.59 Å². The molecule has 1 fully saturated rings. The van der Waals surface area contributed by atoms with Crippen molar-refractivity contribution < 1.29 is 14.0 Å². The first-order valence-corrected chi connectivity index (χ1v) is 11.4. The second kappa shape index (κ2) is 11.1. The highest BCUT2D eigenvalue weighted by atomic mass is 19.1. The van der Waals surface area contributed by atoms with Crippen LogP contribution in [-0.4, -0.2) is 28.8 Å². The number of carbonyl (C=O) groups excluding carboxylic acids is 2. The molecule has 0 heterocycles. The normalized spacial score (nSPS) is 14.9. The highest BCUT2D eigenvalue weighted by molar-refractivity contribution is 5.87. The Morgan fingerprint density at radius 2 is 1.71 bits per heavy atom. The minimum Gasteiger partial charge on any atom is -0.352 e. The molecular weight excluding hydrogens is 391 g/mol. The quantitative estimate of drug-likeness (QED) is 0.629. The van der Waals surface area contributed by atoms with Crippen LogP contribution in [0.5, 0.6) is 0 Å². The van der Waals surface area contributed by atoms with Crippen molar-refractivity contribution in [2.45, 2.75) is 77.4 Å². The van der Waals surface area contributed by atoms with Crippen molar-refractivity contribution in [1.82, 2.24) is 10.2 Å². The zero-order valence-electron chi connectivity index (χ0n) is 18.6. The minimum atomic E-state index is -0.657. The Morgan fingerprint density at radius 3 is 2.35 bits per heavy atom. The fraction of sp³-hybridized carbons (Fsp3) is 0.462. The van der Waals surface area contributed by atoms with Crippen molar-refractivity contribution in [2.24, 2.45) is 0 Å². The Balaban J connectivity index is 1.70. The lowest BCUT2D eigenvalue weighted by atomic mass is 10.0. The van der Waals surface area contributed by atoms with E-state index in [1.54, 1.807) is 25.1 Å². The van der Waals surface area contributed by atoms with Crippen LogP contribution in [0.15, 0.2) is 48.5 Å². The molecule has 1 aliphatic carbocycles. The Hall–Kier alpha value is -2.69. The van der Waals surface area contributed by atoms with Crippen LogP contribution >= 0.6 is 0 Å². The number of rotatable bonds is 9. The van der Waals surface area contributed by atoms with Gasteiger partial charge in [0.2, 0.25) is 11.8 Å². The van der Waals surface area contributed by atoms with E-state index in [4.69, 9.17) is 0 Å². The third-order valence-electron chi connectivity index (χ3n) is 6.23. The lowest BCUT2D eigenvalue weighted by molar-refractivity contribution is -0.140. The molecule has 5 heteroatoms. The van der Waals surface area contributed by atoms with Crippen LogP contribution < -0.4 is 5.32 Å². The first-order chi connectivity index (χ1) is 15.0. The smallest absolute Gasteiger partial charge is 0.242 e. The zero-order valence-corrected chi connectivity index (χ0v) is 18.6. The summed E-state index contributed by atoms with van der Waals surface area (Å²) in [6.45, 7) is 3.93. The predicted octanol–water partition coefficient (Wildman–Crippen LogP) is 4.80. The SMILES string of the molecule is CCc1ccc(CCC(=O)N(Cc2ccccc2F)[C@H](C)C(=O)NC2CCCC2)cc1. The summed E-state index contributed by atoms with van der Waals surface area (Å²) in [5.41, 5.74) is 2.76. The minimum absolute atomic E-state index is 0.0829. The van der Waals surface area contributed by atoms with Crippen LogP contribution in [0.4, 0.5) is 4.39 Å². The maximum absolute atomic E-state index is 14.3. The predicted molar refractivity (Wildman–Crippen MR) is 121 cm³/mol. The number of benzene rings is 2. The van der Waals surface area contributed by atoms with Gasteiger partial charge in [-0.15, -0.1) is 0 Å². The number of amides is 2. The van der Waals surface area contributed by atoms with Crippen LogP contribution in [0.1, 0.15) is 62.6 Å². The molecule has 0 saturated heterocycles. The second-order valence-electron chi connectivity index (χ2n) is 8.45. The molecule has 0 bridgehead atoms. The summed E-state index contributed by atoms with van der Waals surface area (Å²) in [6.07, 6.45) is 6.04. The molecule has 0 aliphatic heterocycles. The van der Waals surface area contributed by atoms with E-state index in [0.717, 1.165) is 37.7 Å². The molecule has 0 unspecified atom stereocenters. The van der Waals surface area contributed by atoms with Crippen molar-refractivity contribution in [3.63, 3.8) is 0 Å². The molecule has 1 atom stereocenters. The van der Waals surface area contributed by atoms with E-state index in [9.17, 15) is 14.0 Å². The number of hydrogen-bond acceptors (Lipinski definition) is 2. The Kier molecular flexibility index (Phi) is 8.21. The van der Waals surface area contributed by atoms with E-state index >= 15 is 0 Å². The summed E-state index contributed by atoms with van der Waals surface area (Å²) in [4.78, 5) is 27.5. The molecule has 3 rings (SSSR count). The van der Waals surface area contributed by atoms with Crippen LogP contribution in [0.2, 0.25) is 0 Å². The van der Waals surface area contributed by atoms with E-state index < -0.39 is 6.04 Å². The van der Waals surface area contributed by atoms with Gasteiger partial charge in [0.1, 0.15) is 11.9 Å². The highest BCUT2D eigenvalue weighted by Gasteiger charge is 2.28. The molecule has 0 radical (unpaired) electrons. The van der Waals surface area contributed by atoms with Gasteiger partial charge in [-0.1, -0.05) is 62.2 Å². The van der Waals surface area contributed by atoms with E-state index in [0.29, 0.717) is 12.0 Å². The van der Waals surface area contributed by atoms with Crippen molar-refractivity contribution in [3.8, 4) is 0 Å². The maximum Gasteiger partial charge on any atom is 0.242 e. The Bertz CT molecular complexity index is 875. The molecule has 1 N–H and O–H groups in total. The largest absolute Gasteiger partial charge is 0.352 e. The summed E-state index contributed by atoms with van der Waals surface area (Å²) >= 11 is 0. The molecule has 166 valence electrons. The van der Waals surface area contributed by atoms with Gasteiger partial charge in [-0.25, -0.2) is 4.39 Å². The van der Waals surface area contributed by atoms with Gasteiger partial charge in [0, 0.05) is 24.6 Å². The lowest BCUT2D eigenvalue weighted by Gasteiger charge is -2.30. The van der Waals surface area contributed by atoms with E-state index in [2.05, 4.69) is 24.4 Å². The highest BCUT2D eigenvalue weighted by Crippen LogP contribution is 2.19. The van der Waals surface area contributed by atoms with Crippen molar-refractivity contribution in [3.05, 3.63) is 71.0 Å². The molecule has 2 amide bonds. The average molecular weight is 425 g/mol. The van der Waals surface area contributed by atoms with Gasteiger partial charge in [0.05, 0.1) is 0 Å². The molecule has 2 aromatic carbocycles. The van der Waals surface area contributed by atoms with Crippen molar-refractivity contribution in [2.75, 3.05) is 0 Å². The number of nitrogens with zero attached hydrogens (tertiary/aromatic N) is 1. The fourth-order valence-corrected chi connectivity index (χ4v) is 4.12. The van der Waals surface area contributed by atoms with Crippen LogP contribution in [-0.2, 0) is 29.0 Å². The number of halogens is 1. The number of hydrogen-bond donors (Lipinski definition) is 1. The monoisotopic (exact) mass is 424 g/mol. The first-order valence-electron chi connectivity index (χ1n) is 11.4. The summed E-state index contributed by atoms with van der Waals surface area (Å²) in [5.74, 6) is -0.667. The zero-order chi connectivity index (χ0) is 22.2. The fourth-order valence-electron chi connectivity index (χ4n) is 4.12. The van der Waals surface area contributed by atoms with Gasteiger partial charge in [0.15, 0.2) is 0 Å². The van der Waals surface area contributed by atoms with Gasteiger partial charge in [-0.05, 0) is 49.8 Å². The maximum atomic E-state index is 14.3. The molecular formula is C26H33FN2O2. The third-order valence-corrected chi connectivity index (χ3v) is 6.23. The molecule has 4 nitrogen and oxygen atoms in total. The lowest BCUT2D eigenvalue weighted by Crippen LogP contribution is -2.49. The van der Waals surface area contributed by atoms with Crippen LogP contribution in [0, 0.1) is 5.82 Å². The number of aryl methyl sites for hydroxylation is 2. The third kappa shape index (κ3) is 6.39. The van der Waals surface area contributed by atoms with Gasteiger partial charge in [0.25, 0.3) is 0 Å². The summed E-state index contributed by atoms with van der Waals surface area (Å²) in [7, 11) is 0. The summed E-state index contributed by atoms with van der Waals surface area (Å²) in [6, 6.07) is 14.2. The standard InChI is InChI=1S/C26H33FN2O2/c1-3-20-12-14-21(15-13-20)16-17-25(30)29(18-22-8-4-7-11-24(22)27)19(2)26(31)28-23-9-5-6-10-23/h4,7-8,11-15,19,23H,3,5-6,9-10,16-18H2,1-2H3,(H,28,31)/t19-/m1/s1. The summed E-state index contributed by atoms with van der Waals surface area (Å²) < 4.78 is 14.3. The second-order valence-corrected chi connectivity index (χ2v) is 8.45. The van der Waals surface area contributed by atoms with E-state index in [1.807, 2.05) is 12.1 Å². The number of nitrogens with one attached hydrogen (secondary N) is 1. The Morgan fingerprint density at radius 1 is 1.06 bits per heavy atom. The molecule has 2 aromatic rings. The molecule has 1 aliphatic rings. The molecule has 31 heavy (non-hydrogen) atoms. The van der Waals surface area contributed by atoms with Gasteiger partial charge in [-0.2, -0.15) is 0 Å². The van der Waals surface area contributed by atoms with E-state index in [1.165, 1.54) is 16.5 Å². The van der Waals surface area contributed by atoms with Crippen molar-refractivity contribution in [1.29, 1.82) is 0 Å². The average Bonchev–Trinajstić information content (AvgIpc) is 3.30. The number of carbonyl (C=O) groups is 2. The Labute approximate surface area is 184 Å². The molecule has 1 saturated carbocycles. The summed E-state index contributed by atoms with van der Waals surface area (Å²) in [5, 5.41) is 3.07. The molecule has 0 aromatic heterocycles. The van der Waals surface area contributed by atoms with Crippen molar-refractivity contribution >= 4 is 11.8 Å². The topological polar surface area (TPSA) is 49.4 Å². The van der Waals surface area contributed by atoms with Gasteiger partial charge >= 0.3 is 0 Å². The van der Waals surface area contributed by atoms with Crippen LogP contribution in [0.3, 0.4) is 0 Å². The van der Waals surface area contributed by atoms with E-state index in [-0.39, 0.29) is 36.6 Å². The first kappa shape index (κ1) is 23.0. The molecule has 0 spiro atoms.